The standard InChI is InChI=1S/C11H8N2O2S/c14-10-5-6-11(15)13(10)12-7-16-9-4-2-1-3-8(9)12/h1-6H,7H2. The lowest BCUT2D eigenvalue weighted by atomic mass is 10.3. The third-order valence-electron chi connectivity index (χ3n) is 2.51. The van der Waals surface area contributed by atoms with Gasteiger partial charge < -0.3 is 0 Å². The molecule has 0 atom stereocenters. The minimum Gasteiger partial charge on any atom is -0.267 e. The van der Waals surface area contributed by atoms with E-state index in [2.05, 4.69) is 0 Å². The van der Waals surface area contributed by atoms with Gasteiger partial charge in [0.15, 0.2) is 0 Å². The number of nitrogens with zero attached hydrogens (tertiary/aromatic N) is 2. The molecule has 2 aliphatic rings. The normalized spacial score (nSPS) is 18.5. The van der Waals surface area contributed by atoms with Gasteiger partial charge in [-0.25, -0.2) is 0 Å². The molecule has 80 valence electrons. The van der Waals surface area contributed by atoms with Crippen LogP contribution in [0, 0.1) is 0 Å². The molecule has 0 spiro atoms. The van der Waals surface area contributed by atoms with Crippen molar-refractivity contribution in [3.05, 3.63) is 36.4 Å². The number of hydrogen-bond donors (Lipinski definition) is 0. The van der Waals surface area contributed by atoms with Crippen molar-refractivity contribution in [1.82, 2.24) is 5.01 Å². The number of benzene rings is 1. The van der Waals surface area contributed by atoms with Gasteiger partial charge in [0.25, 0.3) is 11.8 Å². The number of imide groups is 1. The van der Waals surface area contributed by atoms with Crippen LogP contribution in [-0.2, 0) is 9.59 Å². The molecular weight excluding hydrogens is 224 g/mol. The first kappa shape index (κ1) is 9.47. The molecule has 0 bridgehead atoms. The third-order valence-corrected chi connectivity index (χ3v) is 3.54. The minimum absolute atomic E-state index is 0.276. The molecule has 0 aromatic heterocycles. The van der Waals surface area contributed by atoms with E-state index in [-0.39, 0.29) is 11.8 Å². The van der Waals surface area contributed by atoms with E-state index in [0.29, 0.717) is 5.88 Å². The summed E-state index contributed by atoms with van der Waals surface area (Å²) in [6.45, 7) is 0. The molecule has 16 heavy (non-hydrogen) atoms. The highest BCUT2D eigenvalue weighted by Crippen LogP contribution is 2.39. The molecule has 1 aromatic rings. The van der Waals surface area contributed by atoms with Crippen molar-refractivity contribution in [2.45, 2.75) is 4.90 Å². The molecule has 2 amide bonds. The SMILES string of the molecule is O=C1C=CC(=O)N1N1CSc2ccccc21. The summed E-state index contributed by atoms with van der Waals surface area (Å²) < 4.78 is 0. The fourth-order valence-corrected chi connectivity index (χ4v) is 2.80. The maximum Gasteiger partial charge on any atom is 0.272 e. The minimum atomic E-state index is -0.276. The Hall–Kier alpha value is -1.75. The summed E-state index contributed by atoms with van der Waals surface area (Å²) in [5.41, 5.74) is 0.915. The monoisotopic (exact) mass is 232 g/mol. The molecule has 1 aromatic carbocycles. The molecule has 3 rings (SSSR count). The largest absolute Gasteiger partial charge is 0.272 e. The highest BCUT2D eigenvalue weighted by atomic mass is 32.2. The van der Waals surface area contributed by atoms with Crippen LogP contribution < -0.4 is 5.01 Å². The van der Waals surface area contributed by atoms with Crippen molar-refractivity contribution < 1.29 is 9.59 Å². The van der Waals surface area contributed by atoms with Crippen LogP contribution in [0.15, 0.2) is 41.3 Å². The topological polar surface area (TPSA) is 40.6 Å². The average molecular weight is 232 g/mol. The highest BCUT2D eigenvalue weighted by Gasteiger charge is 2.33. The Morgan fingerprint density at radius 3 is 2.50 bits per heavy atom. The number of carbonyl (C=O) groups excluding carboxylic acids is 2. The maximum atomic E-state index is 11.5. The summed E-state index contributed by atoms with van der Waals surface area (Å²) in [5.74, 6) is 0.0445. The summed E-state index contributed by atoms with van der Waals surface area (Å²) >= 11 is 1.62. The Kier molecular flexibility index (Phi) is 2.00. The number of anilines is 1. The number of thioether (sulfide) groups is 1. The van der Waals surface area contributed by atoms with Gasteiger partial charge in [0.05, 0.1) is 11.6 Å². The lowest BCUT2D eigenvalue weighted by Gasteiger charge is -2.27. The lowest BCUT2D eigenvalue weighted by molar-refractivity contribution is -0.137. The summed E-state index contributed by atoms with van der Waals surface area (Å²) in [4.78, 5) is 24.2. The predicted molar refractivity (Wildman–Crippen MR) is 60.6 cm³/mol. The van der Waals surface area contributed by atoms with E-state index in [1.807, 2.05) is 24.3 Å². The van der Waals surface area contributed by atoms with Gasteiger partial charge in [-0.05, 0) is 12.1 Å². The Bertz CT molecular complexity index is 494. The van der Waals surface area contributed by atoms with Crippen molar-refractivity contribution in [2.75, 3.05) is 10.9 Å². The van der Waals surface area contributed by atoms with Crippen molar-refractivity contribution in [3.63, 3.8) is 0 Å². The van der Waals surface area contributed by atoms with Crippen LogP contribution in [0.3, 0.4) is 0 Å². The molecule has 4 nitrogen and oxygen atoms in total. The second kappa shape index (κ2) is 3.38. The van der Waals surface area contributed by atoms with E-state index in [0.717, 1.165) is 10.6 Å². The zero-order chi connectivity index (χ0) is 11.1. The molecule has 2 heterocycles. The number of para-hydroxylation sites is 1. The molecule has 2 aliphatic heterocycles. The Morgan fingerprint density at radius 2 is 1.75 bits per heavy atom. The van der Waals surface area contributed by atoms with E-state index in [1.165, 1.54) is 17.2 Å². The van der Waals surface area contributed by atoms with Gasteiger partial charge in [-0.15, -0.1) is 11.8 Å². The number of hydrazine groups is 1. The fraction of sp³-hybridized carbons (Fsp3) is 0.0909. The second-order valence-corrected chi connectivity index (χ2v) is 4.45. The van der Waals surface area contributed by atoms with E-state index < -0.39 is 0 Å². The highest BCUT2D eigenvalue weighted by molar-refractivity contribution is 7.99. The fourth-order valence-electron chi connectivity index (χ4n) is 1.79. The van der Waals surface area contributed by atoms with Crippen LogP contribution in [0.25, 0.3) is 0 Å². The van der Waals surface area contributed by atoms with Crippen molar-refractivity contribution in [3.8, 4) is 0 Å². The van der Waals surface area contributed by atoms with Crippen LogP contribution in [0.5, 0.6) is 0 Å². The Labute approximate surface area is 96.5 Å². The zero-order valence-electron chi connectivity index (χ0n) is 8.29. The molecular formula is C11H8N2O2S. The molecule has 0 unspecified atom stereocenters. The van der Waals surface area contributed by atoms with E-state index in [4.69, 9.17) is 0 Å². The van der Waals surface area contributed by atoms with E-state index >= 15 is 0 Å². The van der Waals surface area contributed by atoms with Crippen molar-refractivity contribution in [2.24, 2.45) is 0 Å². The summed E-state index contributed by atoms with van der Waals surface area (Å²) in [6.07, 6.45) is 2.60. The van der Waals surface area contributed by atoms with Crippen LogP contribution >= 0.6 is 11.8 Å². The maximum absolute atomic E-state index is 11.5. The molecule has 0 aliphatic carbocycles. The molecule has 0 radical (unpaired) electrons. The molecule has 5 heteroatoms. The lowest BCUT2D eigenvalue weighted by Crippen LogP contribution is -2.45. The average Bonchev–Trinajstić information content (AvgIpc) is 2.83. The van der Waals surface area contributed by atoms with Gasteiger partial charge in [-0.3, -0.25) is 14.6 Å². The Morgan fingerprint density at radius 1 is 1.06 bits per heavy atom. The molecule has 0 N–H and O–H groups in total. The number of amides is 2. The van der Waals surface area contributed by atoms with Gasteiger partial charge in [-0.1, -0.05) is 12.1 Å². The summed E-state index contributed by atoms with van der Waals surface area (Å²) in [6, 6.07) is 7.74. The number of fused-ring (bicyclic) bond motifs is 1. The first-order valence-electron chi connectivity index (χ1n) is 4.83. The first-order chi connectivity index (χ1) is 7.77. The van der Waals surface area contributed by atoms with Crippen molar-refractivity contribution in [1.29, 1.82) is 0 Å². The number of rotatable bonds is 1. The van der Waals surface area contributed by atoms with Gasteiger partial charge in [0.1, 0.15) is 0 Å². The molecule has 0 saturated heterocycles. The first-order valence-corrected chi connectivity index (χ1v) is 5.81. The van der Waals surface area contributed by atoms with Crippen LogP contribution in [-0.4, -0.2) is 22.7 Å². The van der Waals surface area contributed by atoms with E-state index in [1.54, 1.807) is 16.8 Å². The van der Waals surface area contributed by atoms with Crippen molar-refractivity contribution >= 4 is 29.3 Å². The Balaban J connectivity index is 1.99. The quantitative estimate of drug-likeness (QED) is 0.686. The zero-order valence-corrected chi connectivity index (χ0v) is 9.11. The summed E-state index contributed by atoms with van der Waals surface area (Å²) in [7, 11) is 0. The summed E-state index contributed by atoms with van der Waals surface area (Å²) in [5, 5.41) is 2.89. The molecule has 0 saturated carbocycles. The van der Waals surface area contributed by atoms with Gasteiger partial charge in [0, 0.05) is 17.0 Å². The molecule has 0 fully saturated rings. The van der Waals surface area contributed by atoms with Crippen LogP contribution in [0.2, 0.25) is 0 Å². The second-order valence-electron chi connectivity index (χ2n) is 3.46. The van der Waals surface area contributed by atoms with Gasteiger partial charge >= 0.3 is 0 Å². The number of carbonyl (C=O) groups is 2. The van der Waals surface area contributed by atoms with Gasteiger partial charge in [0.2, 0.25) is 0 Å². The smallest absolute Gasteiger partial charge is 0.267 e. The predicted octanol–water partition coefficient (Wildman–Crippen LogP) is 1.40. The number of hydrogen-bond acceptors (Lipinski definition) is 4. The van der Waals surface area contributed by atoms with Gasteiger partial charge in [-0.2, -0.15) is 5.01 Å². The van der Waals surface area contributed by atoms with Crippen LogP contribution in [0.4, 0.5) is 5.69 Å². The van der Waals surface area contributed by atoms with E-state index in [9.17, 15) is 9.59 Å². The third kappa shape index (κ3) is 1.25. The van der Waals surface area contributed by atoms with Crippen LogP contribution in [0.1, 0.15) is 0 Å².